The molecule has 1 aromatic carbocycles. The molecule has 5 rings (SSSR count). The summed E-state index contributed by atoms with van der Waals surface area (Å²) in [7, 11) is 0. The topological polar surface area (TPSA) is 69.1 Å². The van der Waals surface area contributed by atoms with E-state index in [2.05, 4.69) is 23.2 Å². The van der Waals surface area contributed by atoms with E-state index in [1.807, 2.05) is 12.1 Å². The lowest BCUT2D eigenvalue weighted by molar-refractivity contribution is 0.103. The van der Waals surface area contributed by atoms with Crippen molar-refractivity contribution in [2.75, 3.05) is 0 Å². The molecule has 3 aliphatic rings. The molecule has 1 fully saturated rings. The van der Waals surface area contributed by atoms with Crippen molar-refractivity contribution in [3.05, 3.63) is 40.6 Å². The van der Waals surface area contributed by atoms with Crippen molar-refractivity contribution < 1.29 is 10.2 Å². The van der Waals surface area contributed by atoms with Gasteiger partial charge in [-0.3, -0.25) is 0 Å². The van der Waals surface area contributed by atoms with Crippen LogP contribution in [0.25, 0.3) is 0 Å². The molecule has 4 nitrogen and oxygen atoms in total. The summed E-state index contributed by atoms with van der Waals surface area (Å²) in [4.78, 5) is 0. The first-order valence-corrected chi connectivity index (χ1v) is 8.66. The summed E-state index contributed by atoms with van der Waals surface area (Å²) in [5, 5.41) is 27.0. The number of nitrogens with one attached hydrogen (secondary N) is 1. The number of rotatable bonds is 0. The number of phenols is 1. The Morgan fingerprint density at radius 2 is 2.13 bits per heavy atom. The van der Waals surface area contributed by atoms with Crippen LogP contribution in [0.5, 0.6) is 11.6 Å². The van der Waals surface area contributed by atoms with Gasteiger partial charge in [0.2, 0.25) is 5.88 Å². The van der Waals surface area contributed by atoms with E-state index in [9.17, 15) is 10.2 Å². The van der Waals surface area contributed by atoms with E-state index < -0.39 is 0 Å². The molecule has 0 aliphatic heterocycles. The van der Waals surface area contributed by atoms with Gasteiger partial charge in [0.05, 0.1) is 5.69 Å². The lowest BCUT2D eigenvalue weighted by Crippen LogP contribution is -2.43. The summed E-state index contributed by atoms with van der Waals surface area (Å²) in [6.07, 6.45) is 5.46. The Kier molecular flexibility index (Phi) is 2.52. The molecule has 1 heterocycles. The van der Waals surface area contributed by atoms with Gasteiger partial charge in [0.25, 0.3) is 0 Å². The lowest BCUT2D eigenvalue weighted by Gasteiger charge is -2.48. The molecule has 1 saturated carbocycles. The first-order valence-electron chi connectivity index (χ1n) is 8.66. The van der Waals surface area contributed by atoms with Crippen LogP contribution in [0.15, 0.2) is 18.2 Å². The maximum atomic E-state index is 10.1. The number of benzene rings is 1. The van der Waals surface area contributed by atoms with Crippen molar-refractivity contribution in [1.29, 1.82) is 0 Å². The van der Waals surface area contributed by atoms with Gasteiger partial charge in [0.1, 0.15) is 5.75 Å². The van der Waals surface area contributed by atoms with Gasteiger partial charge in [-0.15, -0.1) is 0 Å². The van der Waals surface area contributed by atoms with E-state index in [-0.39, 0.29) is 11.3 Å². The molecule has 120 valence electrons. The largest absolute Gasteiger partial charge is 0.508 e. The van der Waals surface area contributed by atoms with Crippen LogP contribution in [-0.2, 0) is 18.3 Å². The molecule has 0 amide bonds. The molecule has 1 aromatic heterocycles. The highest BCUT2D eigenvalue weighted by Crippen LogP contribution is 2.60. The number of H-pyrrole nitrogens is 1. The van der Waals surface area contributed by atoms with Crippen LogP contribution in [0, 0.1) is 11.8 Å². The molecule has 2 aromatic rings. The van der Waals surface area contributed by atoms with Crippen molar-refractivity contribution in [3.63, 3.8) is 0 Å². The van der Waals surface area contributed by atoms with Gasteiger partial charge in [-0.1, -0.05) is 13.0 Å². The third-order valence-corrected chi connectivity index (χ3v) is 6.91. The van der Waals surface area contributed by atoms with Gasteiger partial charge >= 0.3 is 0 Å². The number of aromatic nitrogens is 2. The van der Waals surface area contributed by atoms with E-state index in [4.69, 9.17) is 0 Å². The fraction of sp³-hybridized carbons (Fsp3) is 0.526. The summed E-state index contributed by atoms with van der Waals surface area (Å²) in [5.41, 5.74) is 5.03. The van der Waals surface area contributed by atoms with E-state index in [0.29, 0.717) is 23.5 Å². The molecule has 3 aliphatic carbocycles. The number of fused-ring (bicyclic) bond motifs is 7. The fourth-order valence-corrected chi connectivity index (χ4v) is 5.80. The second-order valence-electron chi connectivity index (χ2n) is 7.86. The van der Waals surface area contributed by atoms with Crippen molar-refractivity contribution >= 4 is 0 Å². The van der Waals surface area contributed by atoms with Crippen LogP contribution in [0.2, 0.25) is 0 Å². The summed E-state index contributed by atoms with van der Waals surface area (Å²) in [5.74, 6) is 2.47. The maximum absolute atomic E-state index is 10.1. The zero-order valence-corrected chi connectivity index (χ0v) is 13.3. The zero-order valence-electron chi connectivity index (χ0n) is 13.3. The molecule has 4 unspecified atom stereocenters. The molecular formula is C19H22N2O2. The average Bonchev–Trinajstić information content (AvgIpc) is 3.05. The van der Waals surface area contributed by atoms with Crippen molar-refractivity contribution in [1.82, 2.24) is 10.2 Å². The molecule has 4 atom stereocenters. The van der Waals surface area contributed by atoms with Gasteiger partial charge in [0, 0.05) is 11.0 Å². The summed E-state index contributed by atoms with van der Waals surface area (Å²) in [6.45, 7) is 2.34. The smallest absolute Gasteiger partial charge is 0.210 e. The zero-order chi connectivity index (χ0) is 15.8. The van der Waals surface area contributed by atoms with Crippen molar-refractivity contribution in [3.8, 4) is 11.6 Å². The number of aryl methyl sites for hydroxylation is 1. The van der Waals surface area contributed by atoms with Crippen LogP contribution < -0.4 is 0 Å². The number of aromatic hydroxyl groups is 2. The van der Waals surface area contributed by atoms with E-state index in [0.717, 1.165) is 30.5 Å². The normalized spacial score (nSPS) is 34.4. The van der Waals surface area contributed by atoms with Gasteiger partial charge in [0.15, 0.2) is 0 Å². The Bertz CT molecular complexity index is 797. The predicted molar refractivity (Wildman–Crippen MR) is 86.7 cm³/mol. The molecule has 0 saturated heterocycles. The third-order valence-electron chi connectivity index (χ3n) is 6.91. The van der Waals surface area contributed by atoms with Crippen molar-refractivity contribution in [2.24, 2.45) is 11.8 Å². The fourth-order valence-electron chi connectivity index (χ4n) is 5.80. The number of aromatic amines is 1. The Labute approximate surface area is 135 Å². The first-order chi connectivity index (χ1) is 11.1. The van der Waals surface area contributed by atoms with Crippen LogP contribution in [-0.4, -0.2) is 20.4 Å². The van der Waals surface area contributed by atoms with Crippen LogP contribution >= 0.6 is 0 Å². The summed E-state index contributed by atoms with van der Waals surface area (Å²) >= 11 is 0. The van der Waals surface area contributed by atoms with Crippen LogP contribution in [0.4, 0.5) is 0 Å². The van der Waals surface area contributed by atoms with E-state index in [1.165, 1.54) is 24.0 Å². The molecule has 4 heteroatoms. The predicted octanol–water partition coefficient (Wildman–Crippen LogP) is 3.39. The number of hydrogen-bond acceptors (Lipinski definition) is 3. The molecule has 0 spiro atoms. The Morgan fingerprint density at radius 3 is 3.00 bits per heavy atom. The third kappa shape index (κ3) is 1.64. The number of phenolic OH excluding ortho intramolecular Hbond substituents is 1. The standard InChI is InChI=1S/C19H22N2O2/c1-19-7-6-13-12-5-3-11(22)8-10(12)2-4-14(13)16(19)9-15-17(19)20-21-18(15)23/h3,5,8,13-14,16,22H,2,4,6-7,9H2,1H3,(H2,20,21,23). The molecule has 23 heavy (non-hydrogen) atoms. The first kappa shape index (κ1) is 13.5. The lowest BCUT2D eigenvalue weighted by atomic mass is 9.55. The number of nitrogens with zero attached hydrogens (tertiary/aromatic N) is 1. The molecular weight excluding hydrogens is 288 g/mol. The minimum atomic E-state index is 0.0996. The molecule has 0 radical (unpaired) electrons. The Morgan fingerprint density at radius 1 is 1.26 bits per heavy atom. The van der Waals surface area contributed by atoms with Gasteiger partial charge < -0.3 is 10.2 Å². The second kappa shape index (κ2) is 4.31. The minimum absolute atomic E-state index is 0.0996. The average molecular weight is 310 g/mol. The van der Waals surface area contributed by atoms with Gasteiger partial charge in [-0.05, 0) is 73.1 Å². The summed E-state index contributed by atoms with van der Waals surface area (Å²) in [6, 6.07) is 5.92. The molecule has 3 N–H and O–H groups in total. The highest BCUT2D eigenvalue weighted by Gasteiger charge is 2.54. The van der Waals surface area contributed by atoms with Crippen LogP contribution in [0.3, 0.4) is 0 Å². The Balaban J connectivity index is 1.56. The minimum Gasteiger partial charge on any atom is -0.508 e. The van der Waals surface area contributed by atoms with E-state index in [1.54, 1.807) is 0 Å². The molecule has 0 bridgehead atoms. The van der Waals surface area contributed by atoms with Crippen LogP contribution in [0.1, 0.15) is 54.5 Å². The summed E-state index contributed by atoms with van der Waals surface area (Å²) < 4.78 is 0. The number of hydrogen-bond donors (Lipinski definition) is 3. The van der Waals surface area contributed by atoms with Crippen molar-refractivity contribution in [2.45, 2.75) is 50.4 Å². The highest BCUT2D eigenvalue weighted by atomic mass is 16.3. The maximum Gasteiger partial charge on any atom is 0.210 e. The van der Waals surface area contributed by atoms with Gasteiger partial charge in [-0.2, -0.15) is 5.10 Å². The SMILES string of the molecule is CC12CCC3c4ccc(O)cc4CCC3C1Cc1c2n[nH]c1O. The van der Waals surface area contributed by atoms with Gasteiger partial charge in [-0.25, -0.2) is 5.10 Å². The Hall–Kier alpha value is -1.97. The monoisotopic (exact) mass is 310 g/mol. The highest BCUT2D eigenvalue weighted by molar-refractivity contribution is 5.45. The quantitative estimate of drug-likeness (QED) is 0.698. The van der Waals surface area contributed by atoms with E-state index >= 15 is 0 Å². The second-order valence-corrected chi connectivity index (χ2v) is 7.86.